The molecule has 23 heavy (non-hydrogen) atoms. The van der Waals surface area contributed by atoms with Gasteiger partial charge in [0.2, 0.25) is 0 Å². The van der Waals surface area contributed by atoms with E-state index in [1.54, 1.807) is 0 Å². The van der Waals surface area contributed by atoms with E-state index in [2.05, 4.69) is 26.1 Å². The topological polar surface area (TPSA) is 71.8 Å². The number of carbonyl (C=O) groups excluding carboxylic acids is 1. The van der Waals surface area contributed by atoms with Gasteiger partial charge in [-0.1, -0.05) is 33.2 Å². The van der Waals surface area contributed by atoms with E-state index in [0.29, 0.717) is 17.6 Å². The molecule has 0 bridgehead atoms. The fourth-order valence-corrected chi connectivity index (χ4v) is 2.16. The Balaban J connectivity index is 2.60. The van der Waals surface area contributed by atoms with Crippen LogP contribution in [0.3, 0.4) is 0 Å². The van der Waals surface area contributed by atoms with Crippen LogP contribution in [0.2, 0.25) is 0 Å². The lowest BCUT2D eigenvalue weighted by atomic mass is 10.1. The zero-order chi connectivity index (χ0) is 17.0. The average Bonchev–Trinajstić information content (AvgIpc) is 2.48. The SMILES string of the molecule is CC(C)(C)O/N=C(/c1cccc(Br)c1)c1nc(C=O)ccc1O. The highest BCUT2D eigenvalue weighted by Crippen LogP contribution is 2.22. The van der Waals surface area contributed by atoms with Gasteiger partial charge in [-0.3, -0.25) is 4.79 Å². The van der Waals surface area contributed by atoms with E-state index in [4.69, 9.17) is 4.84 Å². The second-order valence-corrected chi connectivity index (χ2v) is 6.79. The third-order valence-electron chi connectivity index (χ3n) is 2.75. The number of hydrogen-bond donors (Lipinski definition) is 1. The van der Waals surface area contributed by atoms with Crippen LogP contribution in [0.15, 0.2) is 46.0 Å². The number of oxime groups is 1. The summed E-state index contributed by atoms with van der Waals surface area (Å²) in [6.07, 6.45) is 0.617. The highest BCUT2D eigenvalue weighted by atomic mass is 79.9. The lowest BCUT2D eigenvalue weighted by Gasteiger charge is -2.17. The van der Waals surface area contributed by atoms with Crippen LogP contribution in [0, 0.1) is 0 Å². The van der Waals surface area contributed by atoms with Crippen molar-refractivity contribution >= 4 is 27.9 Å². The number of aldehydes is 1. The molecule has 1 N–H and O–H groups in total. The van der Waals surface area contributed by atoms with E-state index in [0.717, 1.165) is 4.47 Å². The van der Waals surface area contributed by atoms with Gasteiger partial charge >= 0.3 is 0 Å². The predicted molar refractivity (Wildman–Crippen MR) is 91.9 cm³/mol. The largest absolute Gasteiger partial charge is 0.506 e. The first-order valence-electron chi connectivity index (χ1n) is 6.98. The lowest BCUT2D eigenvalue weighted by molar-refractivity contribution is 0.00111. The molecule has 0 spiro atoms. The monoisotopic (exact) mass is 376 g/mol. The minimum atomic E-state index is -0.505. The summed E-state index contributed by atoms with van der Waals surface area (Å²) in [6, 6.07) is 10.2. The molecular weight excluding hydrogens is 360 g/mol. The smallest absolute Gasteiger partial charge is 0.168 e. The van der Waals surface area contributed by atoms with Crippen molar-refractivity contribution in [1.29, 1.82) is 0 Å². The maximum atomic E-state index is 11.0. The molecule has 0 atom stereocenters. The van der Waals surface area contributed by atoms with Gasteiger partial charge in [0.15, 0.2) is 6.29 Å². The number of nitrogens with zero attached hydrogens (tertiary/aromatic N) is 2. The molecule has 0 fully saturated rings. The Morgan fingerprint density at radius 1 is 1.30 bits per heavy atom. The molecule has 2 rings (SSSR count). The van der Waals surface area contributed by atoms with Crippen molar-refractivity contribution in [3.05, 3.63) is 57.8 Å². The van der Waals surface area contributed by atoms with E-state index >= 15 is 0 Å². The molecule has 5 nitrogen and oxygen atoms in total. The first-order chi connectivity index (χ1) is 10.8. The van der Waals surface area contributed by atoms with Crippen LogP contribution >= 0.6 is 15.9 Å². The van der Waals surface area contributed by atoms with Crippen molar-refractivity contribution in [2.75, 3.05) is 0 Å². The fourth-order valence-electron chi connectivity index (χ4n) is 1.76. The Kier molecular flexibility index (Phi) is 5.15. The molecule has 1 heterocycles. The van der Waals surface area contributed by atoms with Gasteiger partial charge in [0.05, 0.1) is 0 Å². The molecule has 2 aromatic rings. The average molecular weight is 377 g/mol. The van der Waals surface area contributed by atoms with Crippen molar-refractivity contribution in [2.24, 2.45) is 5.16 Å². The van der Waals surface area contributed by atoms with Crippen LogP contribution in [-0.2, 0) is 4.84 Å². The summed E-state index contributed by atoms with van der Waals surface area (Å²) in [6.45, 7) is 5.60. The van der Waals surface area contributed by atoms with Crippen LogP contribution in [0.25, 0.3) is 0 Å². The number of aromatic nitrogens is 1. The molecule has 0 unspecified atom stereocenters. The first kappa shape index (κ1) is 17.1. The van der Waals surface area contributed by atoms with Gasteiger partial charge in [0.25, 0.3) is 0 Å². The van der Waals surface area contributed by atoms with Crippen LogP contribution in [-0.4, -0.2) is 27.7 Å². The van der Waals surface area contributed by atoms with Gasteiger partial charge in [-0.05, 0) is 45.0 Å². The maximum absolute atomic E-state index is 11.0. The normalized spacial score (nSPS) is 12.1. The van der Waals surface area contributed by atoms with Crippen molar-refractivity contribution in [2.45, 2.75) is 26.4 Å². The zero-order valence-corrected chi connectivity index (χ0v) is 14.7. The van der Waals surface area contributed by atoms with E-state index in [-0.39, 0.29) is 17.1 Å². The summed E-state index contributed by atoms with van der Waals surface area (Å²) >= 11 is 3.41. The summed E-state index contributed by atoms with van der Waals surface area (Å²) in [4.78, 5) is 20.6. The molecular formula is C17H17BrN2O3. The second-order valence-electron chi connectivity index (χ2n) is 5.88. The summed E-state index contributed by atoms with van der Waals surface area (Å²) in [7, 11) is 0. The first-order valence-corrected chi connectivity index (χ1v) is 7.77. The summed E-state index contributed by atoms with van der Waals surface area (Å²) in [5.74, 6) is -0.0770. The number of rotatable bonds is 4. The van der Waals surface area contributed by atoms with Crippen LogP contribution in [0.1, 0.15) is 42.5 Å². The van der Waals surface area contributed by atoms with Gasteiger partial charge in [-0.25, -0.2) is 4.98 Å². The molecule has 0 aliphatic heterocycles. The van der Waals surface area contributed by atoms with E-state index < -0.39 is 5.60 Å². The van der Waals surface area contributed by atoms with Crippen molar-refractivity contribution in [3.8, 4) is 5.75 Å². The fraction of sp³-hybridized carbons (Fsp3) is 0.235. The van der Waals surface area contributed by atoms with Crippen LogP contribution < -0.4 is 0 Å². The van der Waals surface area contributed by atoms with Crippen LogP contribution in [0.5, 0.6) is 5.75 Å². The minimum Gasteiger partial charge on any atom is -0.506 e. The minimum absolute atomic E-state index is 0.0770. The molecule has 0 radical (unpaired) electrons. The Hall–Kier alpha value is -2.21. The maximum Gasteiger partial charge on any atom is 0.168 e. The molecule has 0 aliphatic carbocycles. The number of hydrogen-bond acceptors (Lipinski definition) is 5. The third kappa shape index (κ3) is 4.63. The van der Waals surface area contributed by atoms with Crippen molar-refractivity contribution in [1.82, 2.24) is 4.98 Å². The van der Waals surface area contributed by atoms with Crippen molar-refractivity contribution < 1.29 is 14.7 Å². The van der Waals surface area contributed by atoms with Gasteiger partial charge in [-0.2, -0.15) is 0 Å². The van der Waals surface area contributed by atoms with Gasteiger partial charge in [0, 0.05) is 10.0 Å². The zero-order valence-electron chi connectivity index (χ0n) is 13.1. The van der Waals surface area contributed by atoms with Gasteiger partial charge < -0.3 is 9.94 Å². The number of aromatic hydroxyl groups is 1. The lowest BCUT2D eigenvalue weighted by Crippen LogP contribution is -2.18. The number of carbonyl (C=O) groups is 1. The van der Waals surface area contributed by atoms with Crippen molar-refractivity contribution in [3.63, 3.8) is 0 Å². The van der Waals surface area contributed by atoms with E-state index in [1.165, 1.54) is 12.1 Å². The standard InChI is InChI=1S/C17H17BrN2O3/c1-17(2,3)23-20-15(11-5-4-6-12(18)9-11)16-14(22)8-7-13(10-21)19-16/h4-10,22H,1-3H3/b20-15-. The van der Waals surface area contributed by atoms with Gasteiger partial charge in [-0.15, -0.1) is 0 Å². The number of pyridine rings is 1. The quantitative estimate of drug-likeness (QED) is 0.498. The summed E-state index contributed by atoms with van der Waals surface area (Å²) < 4.78 is 0.851. The number of halogens is 1. The Morgan fingerprint density at radius 3 is 2.65 bits per heavy atom. The van der Waals surface area contributed by atoms with E-state index in [9.17, 15) is 9.90 Å². The van der Waals surface area contributed by atoms with Gasteiger partial charge in [0.1, 0.15) is 28.5 Å². The molecule has 0 aliphatic rings. The highest BCUT2D eigenvalue weighted by molar-refractivity contribution is 9.10. The Morgan fingerprint density at radius 2 is 2.04 bits per heavy atom. The summed E-state index contributed by atoms with van der Waals surface area (Å²) in [5.41, 5.74) is 0.944. The predicted octanol–water partition coefficient (Wildman–Crippen LogP) is 3.93. The molecule has 6 heteroatoms. The molecule has 1 aromatic carbocycles. The highest BCUT2D eigenvalue weighted by Gasteiger charge is 2.18. The van der Waals surface area contributed by atoms with E-state index in [1.807, 2.05) is 45.0 Å². The third-order valence-corrected chi connectivity index (χ3v) is 3.24. The molecule has 1 aromatic heterocycles. The summed E-state index contributed by atoms with van der Waals surface area (Å²) in [5, 5.41) is 14.3. The Bertz CT molecular complexity index is 752. The van der Waals surface area contributed by atoms with Crippen LogP contribution in [0.4, 0.5) is 0 Å². The molecule has 0 saturated heterocycles. The number of benzene rings is 1. The Labute approximate surface area is 143 Å². The molecule has 0 amide bonds. The second kappa shape index (κ2) is 6.91. The molecule has 120 valence electrons. The molecule has 0 saturated carbocycles.